The Morgan fingerprint density at radius 1 is 1.22 bits per heavy atom. The van der Waals surface area contributed by atoms with Crippen molar-refractivity contribution < 1.29 is 17.6 Å². The Kier molecular flexibility index (Phi) is 4.82. The van der Waals surface area contributed by atoms with E-state index in [4.69, 9.17) is 0 Å². The van der Waals surface area contributed by atoms with Crippen LogP contribution in [-0.2, 0) is 27.8 Å². The highest BCUT2D eigenvalue weighted by Gasteiger charge is 2.37. The third-order valence-corrected chi connectivity index (χ3v) is 7.25. The maximum Gasteiger partial charge on any atom is 0.242 e. The molecule has 142 valence electrons. The first kappa shape index (κ1) is 18.6. The van der Waals surface area contributed by atoms with Gasteiger partial charge in [0, 0.05) is 29.2 Å². The van der Waals surface area contributed by atoms with Gasteiger partial charge in [0.05, 0.1) is 4.90 Å². The van der Waals surface area contributed by atoms with Gasteiger partial charge in [0.1, 0.15) is 5.82 Å². The summed E-state index contributed by atoms with van der Waals surface area (Å²) in [6.07, 6.45) is 2.53. The van der Waals surface area contributed by atoms with Crippen LogP contribution in [0.25, 0.3) is 0 Å². The molecule has 0 spiro atoms. The van der Waals surface area contributed by atoms with Crippen LogP contribution in [0.3, 0.4) is 0 Å². The van der Waals surface area contributed by atoms with Gasteiger partial charge in [-0.3, -0.25) is 4.79 Å². The van der Waals surface area contributed by atoms with Crippen LogP contribution in [0.4, 0.5) is 10.1 Å². The Balaban J connectivity index is 1.59. The van der Waals surface area contributed by atoms with E-state index in [1.165, 1.54) is 24.3 Å². The number of nitrogens with zero attached hydrogens (tertiary/aromatic N) is 1. The molecule has 1 amide bonds. The largest absolute Gasteiger partial charge is 0.312 e. The van der Waals surface area contributed by atoms with Crippen LogP contribution in [0.1, 0.15) is 24.0 Å². The quantitative estimate of drug-likeness (QED) is 0.755. The lowest BCUT2D eigenvalue weighted by Gasteiger charge is -2.18. The third-order valence-electron chi connectivity index (χ3n) is 4.89. The second-order valence-corrected chi connectivity index (χ2v) is 9.47. The van der Waals surface area contributed by atoms with Gasteiger partial charge in [-0.05, 0) is 70.6 Å². The lowest BCUT2D eigenvalue weighted by Crippen LogP contribution is -2.30. The molecule has 5 nitrogen and oxygen atoms in total. The third kappa shape index (κ3) is 3.79. The highest BCUT2D eigenvalue weighted by Crippen LogP contribution is 2.39. The predicted octanol–water partition coefficient (Wildman–Crippen LogP) is 3.37. The molecule has 0 radical (unpaired) electrons. The number of hydrogen-bond donors (Lipinski definition) is 1. The first-order chi connectivity index (χ1) is 12.8. The number of rotatable bonds is 5. The molecule has 1 heterocycles. The second kappa shape index (κ2) is 7.00. The summed E-state index contributed by atoms with van der Waals surface area (Å²) in [6, 6.07) is 8.99. The van der Waals surface area contributed by atoms with Crippen molar-refractivity contribution in [2.75, 3.05) is 11.4 Å². The molecular formula is C19H18BrFN2O3S. The Morgan fingerprint density at radius 2 is 1.93 bits per heavy atom. The smallest absolute Gasteiger partial charge is 0.242 e. The Labute approximate surface area is 165 Å². The SMILES string of the molecule is O=C(C1CC1)N1CCc2cc(Br)c(S(=O)(=O)NCc3ccc(F)cc3)cc21. The number of amides is 1. The molecule has 2 aromatic carbocycles. The molecule has 2 aromatic rings. The molecule has 1 aliphatic carbocycles. The van der Waals surface area contributed by atoms with Gasteiger partial charge in [0.2, 0.25) is 15.9 Å². The van der Waals surface area contributed by atoms with Gasteiger partial charge in [-0.2, -0.15) is 0 Å². The van der Waals surface area contributed by atoms with E-state index in [1.54, 1.807) is 17.0 Å². The second-order valence-electron chi connectivity index (χ2n) is 6.88. The molecular weight excluding hydrogens is 435 g/mol. The minimum Gasteiger partial charge on any atom is -0.312 e. The normalized spacial score (nSPS) is 16.4. The fraction of sp³-hybridized carbons (Fsp3) is 0.316. The van der Waals surface area contributed by atoms with Crippen molar-refractivity contribution >= 4 is 37.5 Å². The number of carbonyl (C=O) groups is 1. The summed E-state index contributed by atoms with van der Waals surface area (Å²) in [7, 11) is -3.80. The number of fused-ring (bicyclic) bond motifs is 1. The van der Waals surface area contributed by atoms with Crippen LogP contribution >= 0.6 is 15.9 Å². The number of anilines is 1. The standard InChI is InChI=1S/C19H18BrFN2O3S/c20-16-9-14-7-8-23(19(24)13-3-4-13)17(14)10-18(16)27(25,26)22-11-12-1-5-15(21)6-2-12/h1-2,5-6,9-10,13,22H,3-4,7-8,11H2. The summed E-state index contributed by atoms with van der Waals surface area (Å²) in [5, 5.41) is 0. The van der Waals surface area contributed by atoms with Crippen molar-refractivity contribution in [3.63, 3.8) is 0 Å². The lowest BCUT2D eigenvalue weighted by atomic mass is 10.2. The van der Waals surface area contributed by atoms with Crippen molar-refractivity contribution in [2.45, 2.75) is 30.7 Å². The summed E-state index contributed by atoms with van der Waals surface area (Å²) in [5.41, 5.74) is 2.30. The molecule has 0 atom stereocenters. The van der Waals surface area contributed by atoms with Crippen LogP contribution in [0.2, 0.25) is 0 Å². The first-order valence-corrected chi connectivity index (χ1v) is 11.0. The van der Waals surface area contributed by atoms with Gasteiger partial charge in [-0.1, -0.05) is 12.1 Å². The summed E-state index contributed by atoms with van der Waals surface area (Å²) >= 11 is 3.35. The van der Waals surface area contributed by atoms with E-state index in [0.717, 1.165) is 24.8 Å². The van der Waals surface area contributed by atoms with E-state index < -0.39 is 10.0 Å². The Bertz CT molecular complexity index is 1000. The van der Waals surface area contributed by atoms with Crippen LogP contribution in [0, 0.1) is 11.7 Å². The topological polar surface area (TPSA) is 66.5 Å². The summed E-state index contributed by atoms with van der Waals surface area (Å²) in [4.78, 5) is 14.3. The summed E-state index contributed by atoms with van der Waals surface area (Å²) < 4.78 is 41.6. The highest BCUT2D eigenvalue weighted by molar-refractivity contribution is 9.10. The van der Waals surface area contributed by atoms with Crippen molar-refractivity contribution in [1.82, 2.24) is 4.72 Å². The van der Waals surface area contributed by atoms with Crippen LogP contribution in [-0.4, -0.2) is 20.9 Å². The van der Waals surface area contributed by atoms with E-state index in [2.05, 4.69) is 20.7 Å². The van der Waals surface area contributed by atoms with Crippen LogP contribution in [0.15, 0.2) is 45.8 Å². The Morgan fingerprint density at radius 3 is 2.59 bits per heavy atom. The molecule has 1 fully saturated rings. The van der Waals surface area contributed by atoms with Crippen molar-refractivity contribution in [2.24, 2.45) is 5.92 Å². The van der Waals surface area contributed by atoms with Crippen molar-refractivity contribution in [1.29, 1.82) is 0 Å². The molecule has 27 heavy (non-hydrogen) atoms. The maximum atomic E-state index is 13.0. The number of nitrogens with one attached hydrogen (secondary N) is 1. The number of benzene rings is 2. The summed E-state index contributed by atoms with van der Waals surface area (Å²) in [5.74, 6) is -0.210. The summed E-state index contributed by atoms with van der Waals surface area (Å²) in [6.45, 7) is 0.639. The lowest BCUT2D eigenvalue weighted by molar-refractivity contribution is -0.119. The molecule has 1 saturated carbocycles. The molecule has 4 rings (SSSR count). The average molecular weight is 453 g/mol. The van der Waals surface area contributed by atoms with Crippen LogP contribution < -0.4 is 9.62 Å². The van der Waals surface area contributed by atoms with Gasteiger partial charge in [-0.15, -0.1) is 0 Å². The zero-order valence-electron chi connectivity index (χ0n) is 14.4. The number of sulfonamides is 1. The molecule has 1 N–H and O–H groups in total. The van der Waals surface area contributed by atoms with Gasteiger partial charge in [-0.25, -0.2) is 17.5 Å². The molecule has 0 bridgehead atoms. The monoisotopic (exact) mass is 452 g/mol. The fourth-order valence-electron chi connectivity index (χ4n) is 3.23. The average Bonchev–Trinajstić information content (AvgIpc) is 3.40. The highest BCUT2D eigenvalue weighted by atomic mass is 79.9. The number of halogens is 2. The Hall–Kier alpha value is -1.77. The van der Waals surface area contributed by atoms with E-state index >= 15 is 0 Å². The van der Waals surface area contributed by atoms with Crippen molar-refractivity contribution in [3.05, 3.63) is 57.8 Å². The zero-order chi connectivity index (χ0) is 19.2. The van der Waals surface area contributed by atoms with E-state index in [1.807, 2.05) is 0 Å². The maximum absolute atomic E-state index is 13.0. The number of hydrogen-bond acceptors (Lipinski definition) is 3. The van der Waals surface area contributed by atoms with Gasteiger partial charge in [0.15, 0.2) is 0 Å². The molecule has 1 aliphatic heterocycles. The number of carbonyl (C=O) groups excluding carboxylic acids is 1. The van der Waals surface area contributed by atoms with Gasteiger partial charge < -0.3 is 4.90 Å². The minimum atomic E-state index is -3.80. The zero-order valence-corrected chi connectivity index (χ0v) is 16.8. The van der Waals surface area contributed by atoms with Gasteiger partial charge in [0.25, 0.3) is 0 Å². The first-order valence-electron chi connectivity index (χ1n) is 8.73. The molecule has 8 heteroatoms. The van der Waals surface area contributed by atoms with Gasteiger partial charge >= 0.3 is 0 Å². The minimum absolute atomic E-state index is 0.0524. The fourth-order valence-corrected chi connectivity index (χ4v) is 5.36. The van der Waals surface area contributed by atoms with E-state index in [9.17, 15) is 17.6 Å². The van der Waals surface area contributed by atoms with E-state index in [0.29, 0.717) is 22.3 Å². The van der Waals surface area contributed by atoms with Crippen LogP contribution in [0.5, 0.6) is 0 Å². The van der Waals surface area contributed by atoms with Crippen molar-refractivity contribution in [3.8, 4) is 0 Å². The molecule has 2 aliphatic rings. The van der Waals surface area contributed by atoms with E-state index in [-0.39, 0.29) is 29.1 Å². The molecule has 0 unspecified atom stereocenters. The predicted molar refractivity (Wildman–Crippen MR) is 103 cm³/mol. The molecule has 0 aromatic heterocycles. The molecule has 0 saturated heterocycles.